The van der Waals surface area contributed by atoms with Crippen molar-refractivity contribution in [2.75, 3.05) is 0 Å². The summed E-state index contributed by atoms with van der Waals surface area (Å²) in [6.07, 6.45) is 4.72. The molecule has 0 spiro atoms. The molecule has 118 valence electrons. The van der Waals surface area contributed by atoms with Crippen LogP contribution in [0.5, 0.6) is 0 Å². The van der Waals surface area contributed by atoms with E-state index in [0.717, 1.165) is 0 Å². The van der Waals surface area contributed by atoms with Gasteiger partial charge in [-0.15, -0.1) is 0 Å². The molecule has 0 atom stereocenters. The Labute approximate surface area is 144 Å². The molecule has 0 bridgehead atoms. The quantitative estimate of drug-likeness (QED) is 0.665. The van der Waals surface area contributed by atoms with E-state index in [-0.39, 0.29) is 18.0 Å². The summed E-state index contributed by atoms with van der Waals surface area (Å²) in [7, 11) is 0. The fourth-order valence-corrected chi connectivity index (χ4v) is 2.59. The summed E-state index contributed by atoms with van der Waals surface area (Å²) in [4.78, 5) is 33.3. The zero-order valence-electron chi connectivity index (χ0n) is 12.6. The summed E-state index contributed by atoms with van der Waals surface area (Å²) in [5, 5.41) is 0.373. The molecule has 2 aromatic heterocycles. The maximum atomic E-state index is 12.8. The van der Waals surface area contributed by atoms with Crippen LogP contribution in [0.2, 0.25) is 5.02 Å². The lowest BCUT2D eigenvalue weighted by Crippen LogP contribution is -2.12. The molecule has 0 N–H and O–H groups in total. The molecule has 5 heteroatoms. The summed E-state index contributed by atoms with van der Waals surface area (Å²) in [5.41, 5.74) is 1.74. The zero-order valence-corrected chi connectivity index (χ0v) is 13.4. The fourth-order valence-electron chi connectivity index (χ4n) is 2.37. The standard InChI is InChI=1S/C19H13ClN2O2/c20-16-6-2-1-4-14(16)19(24)15-5-3-9-22-17(15)12-18(23)13-7-10-21-11-8-13/h1-11H,12H2. The highest BCUT2D eigenvalue weighted by Gasteiger charge is 2.19. The van der Waals surface area contributed by atoms with Gasteiger partial charge in [-0.2, -0.15) is 0 Å². The van der Waals surface area contributed by atoms with Crippen LogP contribution >= 0.6 is 11.6 Å². The first-order chi connectivity index (χ1) is 11.7. The Hall–Kier alpha value is -2.85. The van der Waals surface area contributed by atoms with Crippen molar-refractivity contribution in [2.24, 2.45) is 0 Å². The molecule has 0 unspecified atom stereocenters. The number of halogens is 1. The summed E-state index contributed by atoms with van der Waals surface area (Å²) in [5.74, 6) is -0.365. The van der Waals surface area contributed by atoms with Crippen molar-refractivity contribution in [1.82, 2.24) is 9.97 Å². The second-order valence-electron chi connectivity index (χ2n) is 5.14. The number of pyridine rings is 2. The number of carbonyl (C=O) groups is 2. The molecule has 1 aromatic carbocycles. The molecule has 0 saturated carbocycles. The minimum atomic E-state index is -0.244. The molecule has 0 fully saturated rings. The predicted octanol–water partition coefficient (Wildman–Crippen LogP) is 3.79. The molecule has 0 radical (unpaired) electrons. The fraction of sp³-hybridized carbons (Fsp3) is 0.0526. The van der Waals surface area contributed by atoms with Gasteiger partial charge in [-0.25, -0.2) is 0 Å². The van der Waals surface area contributed by atoms with Gasteiger partial charge in [0.25, 0.3) is 0 Å². The lowest BCUT2D eigenvalue weighted by atomic mass is 9.98. The third-order valence-corrected chi connectivity index (χ3v) is 3.91. The molecule has 4 nitrogen and oxygen atoms in total. The average molecular weight is 337 g/mol. The second kappa shape index (κ2) is 7.15. The number of hydrogen-bond donors (Lipinski definition) is 0. The maximum absolute atomic E-state index is 12.8. The zero-order chi connectivity index (χ0) is 16.9. The average Bonchev–Trinajstić information content (AvgIpc) is 2.63. The summed E-state index contributed by atoms with van der Waals surface area (Å²) in [6.45, 7) is 0. The largest absolute Gasteiger partial charge is 0.294 e. The molecule has 0 amide bonds. The highest BCUT2D eigenvalue weighted by Crippen LogP contribution is 2.21. The van der Waals surface area contributed by atoms with Gasteiger partial charge in [0.05, 0.1) is 17.1 Å². The van der Waals surface area contributed by atoms with Gasteiger partial charge in [0, 0.05) is 35.3 Å². The van der Waals surface area contributed by atoms with Crippen molar-refractivity contribution >= 4 is 23.2 Å². The van der Waals surface area contributed by atoms with Gasteiger partial charge in [0.15, 0.2) is 11.6 Å². The van der Waals surface area contributed by atoms with E-state index < -0.39 is 0 Å². The van der Waals surface area contributed by atoms with Crippen LogP contribution in [0.4, 0.5) is 0 Å². The van der Waals surface area contributed by atoms with Gasteiger partial charge in [-0.3, -0.25) is 19.6 Å². The van der Waals surface area contributed by atoms with Crippen molar-refractivity contribution < 1.29 is 9.59 Å². The van der Waals surface area contributed by atoms with Gasteiger partial charge < -0.3 is 0 Å². The summed E-state index contributed by atoms with van der Waals surface area (Å²) < 4.78 is 0. The first-order valence-electron chi connectivity index (χ1n) is 7.33. The van der Waals surface area contributed by atoms with E-state index in [2.05, 4.69) is 9.97 Å². The van der Waals surface area contributed by atoms with Crippen molar-refractivity contribution in [2.45, 2.75) is 6.42 Å². The van der Waals surface area contributed by atoms with Gasteiger partial charge in [-0.05, 0) is 36.4 Å². The van der Waals surface area contributed by atoms with E-state index in [1.54, 1.807) is 67.1 Å². The Bertz CT molecular complexity index is 895. The van der Waals surface area contributed by atoms with Crippen molar-refractivity contribution in [3.05, 3.63) is 94.5 Å². The minimum absolute atomic E-state index is 0.0381. The van der Waals surface area contributed by atoms with E-state index in [0.29, 0.717) is 27.4 Å². The third kappa shape index (κ3) is 3.39. The van der Waals surface area contributed by atoms with Crippen LogP contribution in [0, 0.1) is 0 Å². The number of Topliss-reactive ketones (excluding diaryl/α,β-unsaturated/α-hetero) is 1. The minimum Gasteiger partial charge on any atom is -0.294 e. The van der Waals surface area contributed by atoms with E-state index in [4.69, 9.17) is 11.6 Å². The molecule has 3 aromatic rings. The van der Waals surface area contributed by atoms with Crippen LogP contribution in [0.15, 0.2) is 67.1 Å². The predicted molar refractivity (Wildman–Crippen MR) is 91.4 cm³/mol. The van der Waals surface area contributed by atoms with Gasteiger partial charge in [0.2, 0.25) is 0 Å². The van der Waals surface area contributed by atoms with Crippen LogP contribution in [0.1, 0.15) is 32.0 Å². The number of hydrogen-bond acceptors (Lipinski definition) is 4. The monoisotopic (exact) mass is 336 g/mol. The Morgan fingerprint density at radius 1 is 0.875 bits per heavy atom. The van der Waals surface area contributed by atoms with Crippen molar-refractivity contribution in [3.63, 3.8) is 0 Å². The molecular formula is C19H13ClN2O2. The van der Waals surface area contributed by atoms with Gasteiger partial charge >= 0.3 is 0 Å². The van der Waals surface area contributed by atoms with Crippen LogP contribution in [-0.2, 0) is 6.42 Å². The van der Waals surface area contributed by atoms with E-state index in [1.165, 1.54) is 0 Å². The second-order valence-corrected chi connectivity index (χ2v) is 5.55. The normalized spacial score (nSPS) is 10.4. The van der Waals surface area contributed by atoms with Crippen molar-refractivity contribution in [3.8, 4) is 0 Å². The number of benzene rings is 1. The number of carbonyl (C=O) groups excluding carboxylic acids is 2. The number of nitrogens with zero attached hydrogens (tertiary/aromatic N) is 2. The Morgan fingerprint density at radius 2 is 1.58 bits per heavy atom. The number of rotatable bonds is 5. The maximum Gasteiger partial charge on any atom is 0.196 e. The SMILES string of the molecule is O=C(Cc1ncccc1C(=O)c1ccccc1Cl)c1ccncc1. The van der Waals surface area contributed by atoms with Crippen LogP contribution in [0.3, 0.4) is 0 Å². The van der Waals surface area contributed by atoms with Gasteiger partial charge in [0.1, 0.15) is 0 Å². The third-order valence-electron chi connectivity index (χ3n) is 3.58. The first-order valence-corrected chi connectivity index (χ1v) is 7.71. The molecule has 24 heavy (non-hydrogen) atoms. The lowest BCUT2D eigenvalue weighted by molar-refractivity contribution is 0.0991. The van der Waals surface area contributed by atoms with Crippen molar-refractivity contribution in [1.29, 1.82) is 0 Å². The number of aromatic nitrogens is 2. The molecule has 0 aliphatic heterocycles. The molecule has 0 saturated heterocycles. The Kier molecular flexibility index (Phi) is 4.77. The van der Waals surface area contributed by atoms with E-state index in [9.17, 15) is 9.59 Å². The Morgan fingerprint density at radius 3 is 2.33 bits per heavy atom. The van der Waals surface area contributed by atoms with Crippen LogP contribution in [-0.4, -0.2) is 21.5 Å². The van der Waals surface area contributed by atoms with Crippen LogP contribution in [0.25, 0.3) is 0 Å². The highest BCUT2D eigenvalue weighted by molar-refractivity contribution is 6.35. The molecule has 2 heterocycles. The molecule has 0 aliphatic rings. The molecular weight excluding hydrogens is 324 g/mol. The lowest BCUT2D eigenvalue weighted by Gasteiger charge is -2.08. The smallest absolute Gasteiger partial charge is 0.196 e. The number of ketones is 2. The highest BCUT2D eigenvalue weighted by atomic mass is 35.5. The van der Waals surface area contributed by atoms with Gasteiger partial charge in [-0.1, -0.05) is 23.7 Å². The summed E-state index contributed by atoms with van der Waals surface area (Å²) >= 11 is 6.11. The molecule has 3 rings (SSSR count). The summed E-state index contributed by atoms with van der Waals surface area (Å²) in [6, 6.07) is 13.4. The molecule has 0 aliphatic carbocycles. The van der Waals surface area contributed by atoms with E-state index >= 15 is 0 Å². The topological polar surface area (TPSA) is 59.9 Å². The van der Waals surface area contributed by atoms with E-state index in [1.807, 2.05) is 0 Å². The van der Waals surface area contributed by atoms with Crippen LogP contribution < -0.4 is 0 Å². The Balaban J connectivity index is 1.93. The first kappa shape index (κ1) is 16.0.